The second-order valence-corrected chi connectivity index (χ2v) is 3.81. The minimum Gasteiger partial charge on any atom is -0.462 e. The van der Waals surface area contributed by atoms with Gasteiger partial charge in [-0.1, -0.05) is 19.8 Å². The van der Waals surface area contributed by atoms with E-state index in [9.17, 15) is 4.79 Å². The average Bonchev–Trinajstić information content (AvgIpc) is 2.53. The molecule has 0 amide bonds. The highest BCUT2D eigenvalue weighted by atomic mass is 16.5. The first-order chi connectivity index (χ1) is 7.16. The van der Waals surface area contributed by atoms with Crippen molar-refractivity contribution in [3.63, 3.8) is 0 Å². The van der Waals surface area contributed by atoms with Gasteiger partial charge in [-0.05, 0) is 25.8 Å². The van der Waals surface area contributed by atoms with Gasteiger partial charge in [-0.25, -0.2) is 4.79 Å². The van der Waals surface area contributed by atoms with Crippen LogP contribution in [0.15, 0.2) is 6.20 Å². The smallest absolute Gasteiger partial charge is 0.340 e. The molecular formula is C12H19NO2. The standard InChI is InChI=1S/C12H19NO2/c1-4-5-6-7-15-12(14)11-9(2)8-13-10(11)3/h8,13H,4-7H2,1-3H3. The lowest BCUT2D eigenvalue weighted by molar-refractivity contribution is 0.0497. The third-order valence-corrected chi connectivity index (χ3v) is 2.46. The zero-order valence-corrected chi connectivity index (χ0v) is 9.72. The molecule has 0 fully saturated rings. The summed E-state index contributed by atoms with van der Waals surface area (Å²) in [6.07, 6.45) is 5.03. The predicted octanol–water partition coefficient (Wildman–Crippen LogP) is 2.98. The van der Waals surface area contributed by atoms with Crippen LogP contribution in [-0.4, -0.2) is 17.6 Å². The van der Waals surface area contributed by atoms with Crippen LogP contribution >= 0.6 is 0 Å². The highest BCUT2D eigenvalue weighted by Crippen LogP contribution is 2.13. The number of aromatic amines is 1. The summed E-state index contributed by atoms with van der Waals surface area (Å²) >= 11 is 0. The molecule has 0 aromatic carbocycles. The van der Waals surface area contributed by atoms with Gasteiger partial charge in [-0.3, -0.25) is 0 Å². The van der Waals surface area contributed by atoms with Crippen molar-refractivity contribution in [2.45, 2.75) is 40.0 Å². The number of nitrogens with one attached hydrogen (secondary N) is 1. The number of unbranched alkanes of at least 4 members (excludes halogenated alkanes) is 2. The zero-order chi connectivity index (χ0) is 11.3. The van der Waals surface area contributed by atoms with Crippen molar-refractivity contribution in [2.75, 3.05) is 6.61 Å². The molecule has 0 radical (unpaired) electrons. The first kappa shape index (κ1) is 11.8. The van der Waals surface area contributed by atoms with Crippen LogP contribution in [0.3, 0.4) is 0 Å². The molecule has 0 aliphatic rings. The molecule has 3 nitrogen and oxygen atoms in total. The van der Waals surface area contributed by atoms with Crippen LogP contribution in [0.5, 0.6) is 0 Å². The van der Waals surface area contributed by atoms with Gasteiger partial charge < -0.3 is 9.72 Å². The molecule has 0 bridgehead atoms. The Kier molecular flexibility index (Phi) is 4.40. The van der Waals surface area contributed by atoms with Gasteiger partial charge in [0.2, 0.25) is 0 Å². The van der Waals surface area contributed by atoms with Gasteiger partial charge in [0, 0.05) is 11.9 Å². The molecule has 1 aromatic rings. The Labute approximate surface area is 90.8 Å². The third-order valence-electron chi connectivity index (χ3n) is 2.46. The van der Waals surface area contributed by atoms with E-state index in [1.165, 1.54) is 0 Å². The Hall–Kier alpha value is -1.25. The molecule has 84 valence electrons. The number of hydrogen-bond donors (Lipinski definition) is 1. The number of H-pyrrole nitrogens is 1. The van der Waals surface area contributed by atoms with Crippen LogP contribution in [0.25, 0.3) is 0 Å². The maximum absolute atomic E-state index is 11.7. The van der Waals surface area contributed by atoms with E-state index in [0.29, 0.717) is 12.2 Å². The number of carbonyl (C=O) groups is 1. The number of esters is 1. The van der Waals surface area contributed by atoms with E-state index in [1.807, 2.05) is 20.0 Å². The molecule has 1 heterocycles. The van der Waals surface area contributed by atoms with Gasteiger partial charge in [0.05, 0.1) is 12.2 Å². The molecule has 0 aliphatic carbocycles. The number of aromatic nitrogens is 1. The fourth-order valence-corrected chi connectivity index (χ4v) is 1.56. The Balaban J connectivity index is 2.47. The maximum atomic E-state index is 11.7. The number of aryl methyl sites for hydroxylation is 2. The SMILES string of the molecule is CCCCCOC(=O)c1c(C)c[nH]c1C. The second kappa shape index (κ2) is 5.59. The molecule has 1 aromatic heterocycles. The molecule has 0 spiro atoms. The lowest BCUT2D eigenvalue weighted by Crippen LogP contribution is -2.08. The van der Waals surface area contributed by atoms with Gasteiger partial charge in [-0.15, -0.1) is 0 Å². The fraction of sp³-hybridized carbons (Fsp3) is 0.583. The van der Waals surface area contributed by atoms with Crippen LogP contribution in [0.2, 0.25) is 0 Å². The third kappa shape index (κ3) is 3.11. The number of ether oxygens (including phenoxy) is 1. The van der Waals surface area contributed by atoms with Crippen molar-refractivity contribution in [1.29, 1.82) is 0 Å². The Morgan fingerprint density at radius 2 is 2.13 bits per heavy atom. The van der Waals surface area contributed by atoms with Crippen molar-refractivity contribution in [1.82, 2.24) is 4.98 Å². The molecule has 3 heteroatoms. The Morgan fingerprint density at radius 3 is 2.67 bits per heavy atom. The van der Waals surface area contributed by atoms with E-state index >= 15 is 0 Å². The normalized spacial score (nSPS) is 10.3. The van der Waals surface area contributed by atoms with Gasteiger partial charge in [0.1, 0.15) is 0 Å². The highest BCUT2D eigenvalue weighted by Gasteiger charge is 2.14. The van der Waals surface area contributed by atoms with Gasteiger partial charge >= 0.3 is 5.97 Å². The molecule has 15 heavy (non-hydrogen) atoms. The van der Waals surface area contributed by atoms with Crippen molar-refractivity contribution < 1.29 is 9.53 Å². The summed E-state index contributed by atoms with van der Waals surface area (Å²) in [5.74, 6) is -0.206. The van der Waals surface area contributed by atoms with Crippen molar-refractivity contribution in [3.05, 3.63) is 23.0 Å². The Bertz CT molecular complexity index is 309. The van der Waals surface area contributed by atoms with Gasteiger partial charge in [0.25, 0.3) is 0 Å². The van der Waals surface area contributed by atoms with E-state index in [-0.39, 0.29) is 5.97 Å². The first-order valence-electron chi connectivity index (χ1n) is 5.48. The molecule has 0 aliphatic heterocycles. The van der Waals surface area contributed by atoms with Crippen LogP contribution in [0.4, 0.5) is 0 Å². The summed E-state index contributed by atoms with van der Waals surface area (Å²) in [6.45, 7) is 6.45. The van der Waals surface area contributed by atoms with Crippen LogP contribution < -0.4 is 0 Å². The largest absolute Gasteiger partial charge is 0.462 e. The lowest BCUT2D eigenvalue weighted by Gasteiger charge is -2.04. The van der Waals surface area contributed by atoms with Crippen LogP contribution in [0.1, 0.15) is 47.8 Å². The summed E-state index contributed by atoms with van der Waals surface area (Å²) in [4.78, 5) is 14.7. The maximum Gasteiger partial charge on any atom is 0.340 e. The highest BCUT2D eigenvalue weighted by molar-refractivity contribution is 5.92. The van der Waals surface area contributed by atoms with E-state index < -0.39 is 0 Å². The topological polar surface area (TPSA) is 42.1 Å². The molecule has 0 saturated heterocycles. The summed E-state index contributed by atoms with van der Waals surface area (Å²) < 4.78 is 5.19. The van der Waals surface area contributed by atoms with E-state index in [0.717, 1.165) is 30.5 Å². The molecule has 0 unspecified atom stereocenters. The molecule has 1 rings (SSSR count). The molecule has 1 N–H and O–H groups in total. The van der Waals surface area contributed by atoms with E-state index in [2.05, 4.69) is 11.9 Å². The minimum absolute atomic E-state index is 0.206. The molecular weight excluding hydrogens is 190 g/mol. The minimum atomic E-state index is -0.206. The summed E-state index contributed by atoms with van der Waals surface area (Å²) in [6, 6.07) is 0. The monoisotopic (exact) mass is 209 g/mol. The van der Waals surface area contributed by atoms with Crippen molar-refractivity contribution in [3.8, 4) is 0 Å². The van der Waals surface area contributed by atoms with E-state index in [1.54, 1.807) is 0 Å². The summed E-state index contributed by atoms with van der Waals surface area (Å²) in [7, 11) is 0. The number of hydrogen-bond acceptors (Lipinski definition) is 2. The molecule has 0 atom stereocenters. The van der Waals surface area contributed by atoms with Gasteiger partial charge in [0.15, 0.2) is 0 Å². The van der Waals surface area contributed by atoms with Crippen LogP contribution in [0, 0.1) is 13.8 Å². The van der Waals surface area contributed by atoms with Crippen LogP contribution in [-0.2, 0) is 4.74 Å². The Morgan fingerprint density at radius 1 is 1.40 bits per heavy atom. The zero-order valence-electron chi connectivity index (χ0n) is 9.72. The number of rotatable bonds is 5. The summed E-state index contributed by atoms with van der Waals surface area (Å²) in [5, 5.41) is 0. The average molecular weight is 209 g/mol. The predicted molar refractivity (Wildman–Crippen MR) is 60.1 cm³/mol. The van der Waals surface area contributed by atoms with Crippen molar-refractivity contribution in [2.24, 2.45) is 0 Å². The van der Waals surface area contributed by atoms with Crippen molar-refractivity contribution >= 4 is 5.97 Å². The second-order valence-electron chi connectivity index (χ2n) is 3.81. The first-order valence-corrected chi connectivity index (χ1v) is 5.48. The lowest BCUT2D eigenvalue weighted by atomic mass is 10.2. The summed E-state index contributed by atoms with van der Waals surface area (Å²) in [5.41, 5.74) is 2.52. The molecule has 0 saturated carbocycles. The number of carbonyl (C=O) groups excluding carboxylic acids is 1. The quantitative estimate of drug-likeness (QED) is 0.598. The fourth-order valence-electron chi connectivity index (χ4n) is 1.56. The van der Waals surface area contributed by atoms with E-state index in [4.69, 9.17) is 4.74 Å². The van der Waals surface area contributed by atoms with Gasteiger partial charge in [-0.2, -0.15) is 0 Å².